The van der Waals surface area contributed by atoms with Crippen LogP contribution >= 0.6 is 0 Å². The molecule has 5 rings (SSSR count). The van der Waals surface area contributed by atoms with Crippen molar-refractivity contribution in [3.8, 4) is 34.2 Å². The van der Waals surface area contributed by atoms with Crippen LogP contribution in [0.5, 0.6) is 17.2 Å². The summed E-state index contributed by atoms with van der Waals surface area (Å²) in [5.74, 6) is 1.41. The predicted molar refractivity (Wildman–Crippen MR) is 159 cm³/mol. The molecule has 1 unspecified atom stereocenters. The first-order valence-corrected chi connectivity index (χ1v) is 13.7. The standard InChI is InChI=1S/C32H34N4O6/c1-39-25-14-11-23(12-15-25)31(38)35(19-26-10-7-17-42-26)21-30(37)34-32-33-27(22-8-5-4-6-9-22)20-36(32)24-13-16-28(40-2)29(18-24)41-3/h4-6,8-9,11-16,18,20,26H,7,10,17,19,21H2,1-3H3,(H,33,34,37). The van der Waals surface area contributed by atoms with Gasteiger partial charge in [-0.15, -0.1) is 0 Å². The molecule has 3 aromatic carbocycles. The first-order valence-electron chi connectivity index (χ1n) is 13.7. The van der Waals surface area contributed by atoms with E-state index in [1.54, 1.807) is 56.2 Å². The Balaban J connectivity index is 1.43. The minimum absolute atomic E-state index is 0.126. The highest BCUT2D eigenvalue weighted by Crippen LogP contribution is 2.32. The second-order valence-corrected chi connectivity index (χ2v) is 9.82. The SMILES string of the molecule is COc1ccc(C(=O)N(CC(=O)Nc2nc(-c3ccccc3)cn2-c2ccc(OC)c(OC)c2)CC2CCCO2)cc1. The van der Waals surface area contributed by atoms with Crippen LogP contribution in [0, 0.1) is 0 Å². The number of nitrogens with one attached hydrogen (secondary N) is 1. The van der Waals surface area contributed by atoms with Gasteiger partial charge in [-0.3, -0.25) is 19.5 Å². The van der Waals surface area contributed by atoms with Crippen molar-refractivity contribution in [3.63, 3.8) is 0 Å². The average molecular weight is 571 g/mol. The van der Waals surface area contributed by atoms with Gasteiger partial charge in [0, 0.05) is 36.5 Å². The van der Waals surface area contributed by atoms with Crippen molar-refractivity contribution in [1.82, 2.24) is 14.5 Å². The third-order valence-electron chi connectivity index (χ3n) is 7.08. The number of aromatic nitrogens is 2. The van der Waals surface area contributed by atoms with Crippen molar-refractivity contribution in [2.45, 2.75) is 18.9 Å². The van der Waals surface area contributed by atoms with Crippen LogP contribution < -0.4 is 19.5 Å². The van der Waals surface area contributed by atoms with Crippen LogP contribution in [-0.2, 0) is 9.53 Å². The Morgan fingerprint density at radius 1 is 0.976 bits per heavy atom. The monoisotopic (exact) mass is 570 g/mol. The summed E-state index contributed by atoms with van der Waals surface area (Å²) in [5.41, 5.74) is 2.73. The lowest BCUT2D eigenvalue weighted by molar-refractivity contribution is -0.117. The number of benzene rings is 3. The Morgan fingerprint density at radius 3 is 2.40 bits per heavy atom. The molecule has 0 aliphatic carbocycles. The molecule has 2 amide bonds. The summed E-state index contributed by atoms with van der Waals surface area (Å²) >= 11 is 0. The largest absolute Gasteiger partial charge is 0.497 e. The molecule has 1 aliphatic rings. The summed E-state index contributed by atoms with van der Waals surface area (Å²) in [6, 6.07) is 22.0. The zero-order valence-corrected chi connectivity index (χ0v) is 23.9. The summed E-state index contributed by atoms with van der Waals surface area (Å²) in [6.07, 6.45) is 3.47. The fourth-order valence-electron chi connectivity index (χ4n) is 4.90. The van der Waals surface area contributed by atoms with Crippen molar-refractivity contribution in [2.24, 2.45) is 0 Å². The number of carbonyl (C=O) groups is 2. The molecule has 1 atom stereocenters. The maximum Gasteiger partial charge on any atom is 0.254 e. The number of rotatable bonds is 11. The lowest BCUT2D eigenvalue weighted by Gasteiger charge is -2.25. The number of amides is 2. The number of imidazole rings is 1. The van der Waals surface area contributed by atoms with Crippen molar-refractivity contribution < 1.29 is 28.5 Å². The van der Waals surface area contributed by atoms with E-state index in [0.29, 0.717) is 53.3 Å². The quantitative estimate of drug-likeness (QED) is 0.276. The molecule has 42 heavy (non-hydrogen) atoms. The van der Waals surface area contributed by atoms with Gasteiger partial charge in [-0.1, -0.05) is 30.3 Å². The van der Waals surface area contributed by atoms with E-state index in [0.717, 1.165) is 18.4 Å². The Morgan fingerprint density at radius 2 is 1.74 bits per heavy atom. The molecule has 218 valence electrons. The maximum atomic E-state index is 13.5. The number of ether oxygens (including phenoxy) is 4. The van der Waals surface area contributed by atoms with Crippen LogP contribution in [-0.4, -0.2) is 73.4 Å². The lowest BCUT2D eigenvalue weighted by Crippen LogP contribution is -2.42. The number of hydrogen-bond donors (Lipinski definition) is 1. The summed E-state index contributed by atoms with van der Waals surface area (Å²) in [6.45, 7) is 0.772. The molecule has 10 nitrogen and oxygen atoms in total. The van der Waals surface area contributed by atoms with Gasteiger partial charge in [0.1, 0.15) is 12.3 Å². The maximum absolute atomic E-state index is 13.5. The Labute approximate surface area is 244 Å². The molecule has 1 aliphatic heterocycles. The van der Waals surface area contributed by atoms with E-state index in [1.165, 1.54) is 4.90 Å². The van der Waals surface area contributed by atoms with E-state index in [4.69, 9.17) is 23.9 Å². The number of methoxy groups -OCH3 is 3. The molecule has 1 saturated heterocycles. The van der Waals surface area contributed by atoms with Crippen LogP contribution in [0.25, 0.3) is 16.9 Å². The molecule has 10 heteroatoms. The Bertz CT molecular complexity index is 1510. The minimum Gasteiger partial charge on any atom is -0.497 e. The fourth-order valence-corrected chi connectivity index (χ4v) is 4.90. The van der Waals surface area contributed by atoms with Crippen LogP contribution in [0.2, 0.25) is 0 Å². The van der Waals surface area contributed by atoms with Gasteiger partial charge in [-0.05, 0) is 49.2 Å². The normalized spacial score (nSPS) is 14.3. The molecular formula is C32H34N4O6. The highest BCUT2D eigenvalue weighted by molar-refractivity contribution is 5.99. The average Bonchev–Trinajstić information content (AvgIpc) is 3.70. The van der Waals surface area contributed by atoms with Crippen molar-refractivity contribution in [3.05, 3.63) is 84.6 Å². The zero-order chi connectivity index (χ0) is 29.5. The molecule has 1 aromatic heterocycles. The summed E-state index contributed by atoms with van der Waals surface area (Å²) < 4.78 is 23.7. The van der Waals surface area contributed by atoms with Gasteiger partial charge in [0.25, 0.3) is 5.91 Å². The Hall–Kier alpha value is -4.83. The Kier molecular flexibility index (Phi) is 9.03. The van der Waals surface area contributed by atoms with Crippen molar-refractivity contribution in [1.29, 1.82) is 0 Å². The summed E-state index contributed by atoms with van der Waals surface area (Å²) in [7, 11) is 4.71. The number of anilines is 1. The second kappa shape index (κ2) is 13.2. The van der Waals surface area contributed by atoms with E-state index in [-0.39, 0.29) is 24.5 Å². The highest BCUT2D eigenvalue weighted by Gasteiger charge is 2.26. The molecule has 0 bridgehead atoms. The van der Waals surface area contributed by atoms with Gasteiger partial charge in [-0.25, -0.2) is 4.98 Å². The fraction of sp³-hybridized carbons (Fsp3) is 0.281. The third-order valence-corrected chi connectivity index (χ3v) is 7.08. The third kappa shape index (κ3) is 6.55. The van der Waals surface area contributed by atoms with Gasteiger partial charge in [0.2, 0.25) is 11.9 Å². The van der Waals surface area contributed by atoms with Crippen molar-refractivity contribution >= 4 is 17.8 Å². The molecule has 0 saturated carbocycles. The topological polar surface area (TPSA) is 104 Å². The predicted octanol–water partition coefficient (Wildman–Crippen LogP) is 4.83. The summed E-state index contributed by atoms with van der Waals surface area (Å²) in [4.78, 5) is 33.3. The van der Waals surface area contributed by atoms with Gasteiger partial charge in [-0.2, -0.15) is 0 Å². The molecule has 1 fully saturated rings. The molecule has 4 aromatic rings. The van der Waals surface area contributed by atoms with Crippen LogP contribution in [0.1, 0.15) is 23.2 Å². The second-order valence-electron chi connectivity index (χ2n) is 9.82. The molecule has 1 N–H and O–H groups in total. The van der Waals surface area contributed by atoms with Gasteiger partial charge >= 0.3 is 0 Å². The lowest BCUT2D eigenvalue weighted by atomic mass is 10.1. The summed E-state index contributed by atoms with van der Waals surface area (Å²) in [5, 5.41) is 2.93. The van der Waals surface area contributed by atoms with Gasteiger partial charge in [0.15, 0.2) is 11.5 Å². The molecule has 2 heterocycles. The van der Waals surface area contributed by atoms with Gasteiger partial charge < -0.3 is 23.8 Å². The number of hydrogen-bond acceptors (Lipinski definition) is 7. The number of carbonyl (C=O) groups excluding carboxylic acids is 2. The molecular weight excluding hydrogens is 536 g/mol. The van der Waals surface area contributed by atoms with E-state index in [2.05, 4.69) is 5.32 Å². The van der Waals surface area contributed by atoms with E-state index < -0.39 is 0 Å². The van der Waals surface area contributed by atoms with E-state index in [9.17, 15) is 9.59 Å². The smallest absolute Gasteiger partial charge is 0.254 e. The highest BCUT2D eigenvalue weighted by atomic mass is 16.5. The van der Waals surface area contributed by atoms with Crippen molar-refractivity contribution in [2.75, 3.05) is 46.3 Å². The first-order chi connectivity index (χ1) is 20.5. The molecule has 0 radical (unpaired) electrons. The minimum atomic E-state index is -0.387. The number of nitrogens with zero attached hydrogens (tertiary/aromatic N) is 3. The molecule has 0 spiro atoms. The van der Waals surface area contributed by atoms with E-state index >= 15 is 0 Å². The van der Waals surface area contributed by atoms with Crippen LogP contribution in [0.3, 0.4) is 0 Å². The van der Waals surface area contributed by atoms with E-state index in [1.807, 2.05) is 48.7 Å². The first kappa shape index (κ1) is 28.7. The zero-order valence-electron chi connectivity index (χ0n) is 23.9. The van der Waals surface area contributed by atoms with Gasteiger partial charge in [0.05, 0.1) is 38.8 Å². The van der Waals surface area contributed by atoms with Crippen LogP contribution in [0.4, 0.5) is 5.95 Å². The van der Waals surface area contributed by atoms with Crippen LogP contribution in [0.15, 0.2) is 79.0 Å².